The average molecular weight is 222 g/mol. The van der Waals surface area contributed by atoms with Crippen molar-refractivity contribution >= 4 is 9.28 Å². The minimum atomic E-state index is -1.51. The second kappa shape index (κ2) is 6.56. The topological polar surface area (TPSA) is 18.5 Å². The van der Waals surface area contributed by atoms with E-state index in [-0.39, 0.29) is 0 Å². The van der Waals surface area contributed by atoms with E-state index in [9.17, 15) is 0 Å². The third-order valence-corrected chi connectivity index (χ3v) is 4.43. The second-order valence-corrected chi connectivity index (χ2v) is 5.66. The molecule has 0 spiro atoms. The first kappa shape index (κ1) is 12.2. The van der Waals surface area contributed by atoms with Gasteiger partial charge in [0, 0.05) is 20.1 Å². The van der Waals surface area contributed by atoms with Gasteiger partial charge in [-0.3, -0.25) is 0 Å². The molecule has 0 aromatic heterocycles. The highest BCUT2D eigenvalue weighted by Crippen LogP contribution is 2.22. The minimum absolute atomic E-state index is 0.336. The second-order valence-electron chi connectivity index (χ2n) is 3.39. The summed E-state index contributed by atoms with van der Waals surface area (Å²) in [5.74, 6) is 0.336. The van der Waals surface area contributed by atoms with Gasteiger partial charge in [0.25, 0.3) is 0 Å². The Morgan fingerprint density at radius 2 is 1.87 bits per heavy atom. The lowest BCUT2D eigenvalue weighted by Gasteiger charge is -2.17. The van der Waals surface area contributed by atoms with E-state index in [1.807, 2.05) is 24.3 Å². The average Bonchev–Trinajstić information content (AvgIpc) is 2.32. The summed E-state index contributed by atoms with van der Waals surface area (Å²) in [7, 11) is 1.92. The lowest BCUT2D eigenvalue weighted by atomic mass is 10.0. The van der Waals surface area contributed by atoms with Crippen LogP contribution in [0.3, 0.4) is 0 Å². The van der Waals surface area contributed by atoms with Crippen molar-refractivity contribution in [2.24, 2.45) is 0 Å². The summed E-state index contributed by atoms with van der Waals surface area (Å²) in [5.41, 5.74) is 1.28. The van der Waals surface area contributed by atoms with Crippen LogP contribution in [0.4, 0.5) is 0 Å². The Balaban J connectivity index is 2.68. The molecule has 0 fully saturated rings. The maximum atomic E-state index is 5.32. The summed E-state index contributed by atoms with van der Waals surface area (Å²) < 4.78 is 10.6. The highest BCUT2D eigenvalue weighted by molar-refractivity contribution is 6.44. The molecule has 1 aromatic rings. The first-order valence-corrected chi connectivity index (χ1v) is 6.80. The van der Waals surface area contributed by atoms with E-state index in [0.717, 1.165) is 6.04 Å². The van der Waals surface area contributed by atoms with Crippen molar-refractivity contribution in [1.82, 2.24) is 0 Å². The molecular formula is C12H18O2Si. The zero-order valence-corrected chi connectivity index (χ0v) is 10.5. The number of benzene rings is 1. The van der Waals surface area contributed by atoms with Crippen LogP contribution >= 0.6 is 0 Å². The first-order valence-electron chi connectivity index (χ1n) is 5.05. The molecule has 3 heteroatoms. The lowest BCUT2D eigenvalue weighted by molar-refractivity contribution is 0.276. The van der Waals surface area contributed by atoms with Gasteiger partial charge in [-0.25, -0.2) is 0 Å². The molecule has 0 aliphatic rings. The summed E-state index contributed by atoms with van der Waals surface area (Å²) in [6.45, 7) is 3.87. The molecule has 0 radical (unpaired) electrons. The minimum Gasteiger partial charge on any atom is -0.400 e. The van der Waals surface area contributed by atoms with Gasteiger partial charge in [0.05, 0.1) is 0 Å². The highest BCUT2D eigenvalue weighted by Gasteiger charge is 2.17. The number of allylic oxidation sites excluding steroid dienone is 1. The summed E-state index contributed by atoms with van der Waals surface area (Å²) in [5, 5.41) is 0. The van der Waals surface area contributed by atoms with Crippen LogP contribution in [0.1, 0.15) is 11.5 Å². The van der Waals surface area contributed by atoms with Gasteiger partial charge in [-0.15, -0.1) is 6.58 Å². The van der Waals surface area contributed by atoms with Crippen molar-refractivity contribution in [2.45, 2.75) is 12.0 Å². The van der Waals surface area contributed by atoms with Crippen molar-refractivity contribution in [2.75, 3.05) is 14.2 Å². The molecule has 15 heavy (non-hydrogen) atoms. The Bertz CT molecular complexity index is 283. The Hall–Kier alpha value is -0.903. The molecule has 0 saturated heterocycles. The lowest BCUT2D eigenvalue weighted by Crippen LogP contribution is -2.21. The van der Waals surface area contributed by atoms with E-state index in [1.54, 1.807) is 14.2 Å². The third kappa shape index (κ3) is 3.62. The molecule has 2 nitrogen and oxygen atoms in total. The fourth-order valence-corrected chi connectivity index (χ4v) is 3.02. The molecule has 1 atom stereocenters. The largest absolute Gasteiger partial charge is 0.400 e. The maximum Gasteiger partial charge on any atom is 0.321 e. The Kier molecular flexibility index (Phi) is 5.32. The molecule has 0 amide bonds. The summed E-state index contributed by atoms with van der Waals surface area (Å²) >= 11 is 0. The summed E-state index contributed by atoms with van der Waals surface area (Å²) in [4.78, 5) is 0. The van der Waals surface area contributed by atoms with Crippen LogP contribution in [-0.4, -0.2) is 23.5 Å². The van der Waals surface area contributed by atoms with E-state index in [2.05, 4.69) is 18.7 Å². The van der Waals surface area contributed by atoms with Crippen molar-refractivity contribution in [3.63, 3.8) is 0 Å². The van der Waals surface area contributed by atoms with Crippen LogP contribution < -0.4 is 0 Å². The Morgan fingerprint density at radius 1 is 1.27 bits per heavy atom. The van der Waals surface area contributed by atoms with E-state index in [4.69, 9.17) is 8.85 Å². The monoisotopic (exact) mass is 222 g/mol. The van der Waals surface area contributed by atoms with E-state index in [0.29, 0.717) is 5.92 Å². The van der Waals surface area contributed by atoms with Crippen molar-refractivity contribution in [1.29, 1.82) is 0 Å². The normalized spacial score (nSPS) is 12.7. The summed E-state index contributed by atoms with van der Waals surface area (Å²) in [6.07, 6.45) is 1.97. The maximum absolute atomic E-state index is 5.32. The van der Waals surface area contributed by atoms with Gasteiger partial charge in [0.2, 0.25) is 0 Å². The molecule has 0 aliphatic heterocycles. The standard InChI is InChI=1S/C12H18O2Si/c1-4-11(10-15(13-2)14-3)12-8-6-5-7-9-12/h4-9,11,15H,1,10H2,2-3H3. The Morgan fingerprint density at radius 3 is 2.33 bits per heavy atom. The SMILES string of the molecule is C=CC(C[SiH](OC)OC)c1ccccc1. The molecule has 0 N–H and O–H groups in total. The van der Waals surface area contributed by atoms with Crippen molar-refractivity contribution in [3.8, 4) is 0 Å². The van der Waals surface area contributed by atoms with E-state index >= 15 is 0 Å². The zero-order chi connectivity index (χ0) is 11.1. The van der Waals surface area contributed by atoms with Crippen molar-refractivity contribution in [3.05, 3.63) is 48.6 Å². The van der Waals surface area contributed by atoms with Crippen LogP contribution in [0.5, 0.6) is 0 Å². The van der Waals surface area contributed by atoms with Crippen LogP contribution in [0.2, 0.25) is 6.04 Å². The fourth-order valence-electron chi connectivity index (χ4n) is 1.56. The van der Waals surface area contributed by atoms with Gasteiger partial charge in [-0.1, -0.05) is 36.4 Å². The number of hydrogen-bond donors (Lipinski definition) is 0. The quantitative estimate of drug-likeness (QED) is 0.544. The molecule has 0 heterocycles. The van der Waals surface area contributed by atoms with Crippen LogP contribution in [-0.2, 0) is 8.85 Å². The van der Waals surface area contributed by atoms with E-state index in [1.165, 1.54) is 5.56 Å². The van der Waals surface area contributed by atoms with Gasteiger partial charge in [0.1, 0.15) is 0 Å². The van der Waals surface area contributed by atoms with Crippen LogP contribution in [0, 0.1) is 0 Å². The van der Waals surface area contributed by atoms with Gasteiger partial charge in [0.15, 0.2) is 0 Å². The molecule has 0 aliphatic carbocycles. The third-order valence-electron chi connectivity index (χ3n) is 2.48. The Labute approximate surface area is 93.4 Å². The summed E-state index contributed by atoms with van der Waals surface area (Å²) in [6, 6.07) is 11.3. The smallest absolute Gasteiger partial charge is 0.321 e. The van der Waals surface area contributed by atoms with Crippen LogP contribution in [0.25, 0.3) is 0 Å². The molecule has 1 rings (SSSR count). The van der Waals surface area contributed by atoms with E-state index < -0.39 is 9.28 Å². The predicted molar refractivity (Wildman–Crippen MR) is 65.4 cm³/mol. The number of rotatable bonds is 6. The molecule has 0 saturated carbocycles. The molecule has 82 valence electrons. The zero-order valence-electron chi connectivity index (χ0n) is 9.35. The highest BCUT2D eigenvalue weighted by atomic mass is 28.3. The fraction of sp³-hybridized carbons (Fsp3) is 0.333. The van der Waals surface area contributed by atoms with Gasteiger partial charge >= 0.3 is 9.28 Å². The first-order chi connectivity index (χ1) is 7.31. The van der Waals surface area contributed by atoms with Crippen LogP contribution in [0.15, 0.2) is 43.0 Å². The molecular weight excluding hydrogens is 204 g/mol. The van der Waals surface area contributed by atoms with Gasteiger partial charge < -0.3 is 8.85 Å². The van der Waals surface area contributed by atoms with Gasteiger partial charge in [-0.2, -0.15) is 0 Å². The van der Waals surface area contributed by atoms with Gasteiger partial charge in [-0.05, 0) is 11.6 Å². The van der Waals surface area contributed by atoms with Crippen molar-refractivity contribution < 1.29 is 8.85 Å². The predicted octanol–water partition coefficient (Wildman–Crippen LogP) is 2.47. The molecule has 1 unspecified atom stereocenters. The molecule has 1 aromatic carbocycles. The molecule has 0 bridgehead atoms. The number of hydrogen-bond acceptors (Lipinski definition) is 2.